The normalized spacial score (nSPS) is 10.8. The first-order valence-electron chi connectivity index (χ1n) is 5.35. The standard InChI is InChI=1S/C12H12Br2N2OS/c1-7-6-18-11(16-7)5-15-4-8-2-9(13)12(17)10(14)3-8/h2-3,6,15,17H,4-5H2,1H3. The van der Waals surface area contributed by atoms with E-state index < -0.39 is 0 Å². The molecule has 18 heavy (non-hydrogen) atoms. The molecule has 0 amide bonds. The molecule has 3 nitrogen and oxygen atoms in total. The predicted molar refractivity (Wildman–Crippen MR) is 80.9 cm³/mol. The molecule has 1 aromatic heterocycles. The highest BCUT2D eigenvalue weighted by molar-refractivity contribution is 9.11. The number of phenols is 1. The molecule has 0 bridgehead atoms. The lowest BCUT2D eigenvalue weighted by molar-refractivity contribution is 0.468. The van der Waals surface area contributed by atoms with Crippen LogP contribution in [-0.4, -0.2) is 10.1 Å². The number of hydrogen-bond acceptors (Lipinski definition) is 4. The van der Waals surface area contributed by atoms with E-state index in [0.717, 1.165) is 29.4 Å². The smallest absolute Gasteiger partial charge is 0.143 e. The van der Waals surface area contributed by atoms with Crippen molar-refractivity contribution in [3.05, 3.63) is 42.7 Å². The molecule has 0 aliphatic carbocycles. The van der Waals surface area contributed by atoms with Crippen molar-refractivity contribution in [1.29, 1.82) is 0 Å². The summed E-state index contributed by atoms with van der Waals surface area (Å²) in [7, 11) is 0. The lowest BCUT2D eigenvalue weighted by Crippen LogP contribution is -2.12. The van der Waals surface area contributed by atoms with E-state index in [1.165, 1.54) is 0 Å². The van der Waals surface area contributed by atoms with Gasteiger partial charge in [-0.15, -0.1) is 11.3 Å². The van der Waals surface area contributed by atoms with E-state index in [2.05, 4.69) is 42.2 Å². The molecule has 0 fully saturated rings. The van der Waals surface area contributed by atoms with E-state index in [9.17, 15) is 5.11 Å². The number of phenolic OH excluding ortho intramolecular Hbond substituents is 1. The summed E-state index contributed by atoms with van der Waals surface area (Å²) in [5, 5.41) is 16.1. The summed E-state index contributed by atoms with van der Waals surface area (Å²) in [5.41, 5.74) is 2.16. The van der Waals surface area contributed by atoms with E-state index >= 15 is 0 Å². The van der Waals surface area contributed by atoms with Gasteiger partial charge in [-0.3, -0.25) is 0 Å². The molecule has 2 N–H and O–H groups in total. The SMILES string of the molecule is Cc1csc(CNCc2cc(Br)c(O)c(Br)c2)n1. The monoisotopic (exact) mass is 390 g/mol. The second-order valence-electron chi connectivity index (χ2n) is 3.89. The van der Waals surface area contributed by atoms with Crippen LogP contribution in [0.25, 0.3) is 0 Å². The highest BCUT2D eigenvalue weighted by atomic mass is 79.9. The van der Waals surface area contributed by atoms with Crippen LogP contribution in [0.1, 0.15) is 16.3 Å². The third kappa shape index (κ3) is 3.54. The zero-order valence-corrected chi connectivity index (χ0v) is 13.7. The van der Waals surface area contributed by atoms with Crippen LogP contribution < -0.4 is 5.32 Å². The zero-order chi connectivity index (χ0) is 13.1. The number of nitrogens with one attached hydrogen (secondary N) is 1. The van der Waals surface area contributed by atoms with Crippen LogP contribution in [-0.2, 0) is 13.1 Å². The summed E-state index contributed by atoms with van der Waals surface area (Å²) in [6, 6.07) is 3.81. The van der Waals surface area contributed by atoms with Crippen molar-refractivity contribution in [2.75, 3.05) is 0 Å². The molecule has 6 heteroatoms. The fraction of sp³-hybridized carbons (Fsp3) is 0.250. The summed E-state index contributed by atoms with van der Waals surface area (Å²) in [6.45, 7) is 3.49. The molecular weight excluding hydrogens is 380 g/mol. The lowest BCUT2D eigenvalue weighted by Gasteiger charge is -2.06. The number of nitrogens with zero attached hydrogens (tertiary/aromatic N) is 1. The van der Waals surface area contributed by atoms with Crippen LogP contribution in [0.15, 0.2) is 26.5 Å². The number of rotatable bonds is 4. The Morgan fingerprint density at radius 1 is 1.28 bits per heavy atom. The maximum atomic E-state index is 9.61. The molecule has 0 atom stereocenters. The van der Waals surface area contributed by atoms with Crippen molar-refractivity contribution < 1.29 is 5.11 Å². The Labute approximate surface area is 127 Å². The minimum Gasteiger partial charge on any atom is -0.506 e. The zero-order valence-electron chi connectivity index (χ0n) is 9.70. The molecule has 0 aliphatic rings. The molecule has 1 heterocycles. The summed E-state index contributed by atoms with van der Waals surface area (Å²) in [4.78, 5) is 4.39. The van der Waals surface area contributed by atoms with Crippen molar-refractivity contribution >= 4 is 43.2 Å². The average molecular weight is 392 g/mol. The van der Waals surface area contributed by atoms with Gasteiger partial charge in [-0.05, 0) is 56.5 Å². The first-order valence-corrected chi connectivity index (χ1v) is 7.81. The highest BCUT2D eigenvalue weighted by Crippen LogP contribution is 2.33. The van der Waals surface area contributed by atoms with Gasteiger partial charge in [0, 0.05) is 24.2 Å². The van der Waals surface area contributed by atoms with Crippen LogP contribution in [0.3, 0.4) is 0 Å². The summed E-state index contributed by atoms with van der Waals surface area (Å²) in [6.07, 6.45) is 0. The first kappa shape index (κ1) is 14.0. The van der Waals surface area contributed by atoms with Crippen LogP contribution in [0, 0.1) is 6.92 Å². The largest absolute Gasteiger partial charge is 0.506 e. The Morgan fingerprint density at radius 2 is 1.94 bits per heavy atom. The first-order chi connectivity index (χ1) is 8.56. The van der Waals surface area contributed by atoms with Gasteiger partial charge in [0.25, 0.3) is 0 Å². The molecule has 0 saturated heterocycles. The maximum absolute atomic E-state index is 9.61. The molecule has 1 aromatic carbocycles. The van der Waals surface area contributed by atoms with Crippen molar-refractivity contribution in [1.82, 2.24) is 10.3 Å². The molecule has 0 aliphatic heterocycles. The summed E-state index contributed by atoms with van der Waals surface area (Å²) >= 11 is 8.30. The fourth-order valence-electron chi connectivity index (χ4n) is 1.52. The van der Waals surface area contributed by atoms with E-state index in [4.69, 9.17) is 0 Å². The molecule has 0 saturated carbocycles. The van der Waals surface area contributed by atoms with Crippen LogP contribution in [0.4, 0.5) is 0 Å². The third-order valence-corrected chi connectivity index (χ3v) is 4.52. The Morgan fingerprint density at radius 3 is 2.50 bits per heavy atom. The third-order valence-electron chi connectivity index (χ3n) is 2.35. The highest BCUT2D eigenvalue weighted by Gasteiger charge is 2.06. The van der Waals surface area contributed by atoms with Gasteiger partial charge in [0.05, 0.1) is 8.95 Å². The number of aromatic hydroxyl groups is 1. The van der Waals surface area contributed by atoms with Gasteiger partial charge in [-0.1, -0.05) is 0 Å². The molecule has 0 radical (unpaired) electrons. The number of halogens is 2. The van der Waals surface area contributed by atoms with E-state index in [0.29, 0.717) is 8.95 Å². The lowest BCUT2D eigenvalue weighted by atomic mass is 10.2. The van der Waals surface area contributed by atoms with E-state index in [-0.39, 0.29) is 5.75 Å². The van der Waals surface area contributed by atoms with E-state index in [1.54, 1.807) is 11.3 Å². The number of aromatic nitrogens is 1. The Hall–Kier alpha value is -0.430. The second-order valence-corrected chi connectivity index (χ2v) is 6.55. The maximum Gasteiger partial charge on any atom is 0.143 e. The van der Waals surface area contributed by atoms with Crippen LogP contribution >= 0.6 is 43.2 Å². The van der Waals surface area contributed by atoms with Crippen molar-refractivity contribution in [3.63, 3.8) is 0 Å². The molecular formula is C12H12Br2N2OS. The minimum atomic E-state index is 0.231. The number of hydrogen-bond donors (Lipinski definition) is 2. The van der Waals surface area contributed by atoms with E-state index in [1.807, 2.05) is 24.4 Å². The van der Waals surface area contributed by atoms with Crippen molar-refractivity contribution in [3.8, 4) is 5.75 Å². The summed E-state index contributed by atoms with van der Waals surface area (Å²) in [5.74, 6) is 0.231. The number of aryl methyl sites for hydroxylation is 1. The Bertz CT molecular complexity index is 534. The van der Waals surface area contributed by atoms with Gasteiger partial charge in [0.15, 0.2) is 0 Å². The molecule has 0 spiro atoms. The van der Waals surface area contributed by atoms with Crippen LogP contribution in [0.5, 0.6) is 5.75 Å². The average Bonchev–Trinajstić information content (AvgIpc) is 2.72. The second kappa shape index (κ2) is 6.14. The Kier molecular flexibility index (Phi) is 4.77. The van der Waals surface area contributed by atoms with Gasteiger partial charge < -0.3 is 10.4 Å². The predicted octanol–water partition coefficient (Wildman–Crippen LogP) is 3.97. The number of thiazole rings is 1. The van der Waals surface area contributed by atoms with Gasteiger partial charge in [0.2, 0.25) is 0 Å². The quantitative estimate of drug-likeness (QED) is 0.828. The minimum absolute atomic E-state index is 0.231. The van der Waals surface area contributed by atoms with Gasteiger partial charge in [0.1, 0.15) is 10.8 Å². The van der Waals surface area contributed by atoms with Gasteiger partial charge >= 0.3 is 0 Å². The van der Waals surface area contributed by atoms with Crippen molar-refractivity contribution in [2.24, 2.45) is 0 Å². The molecule has 2 aromatic rings. The number of benzene rings is 1. The Balaban J connectivity index is 1.94. The van der Waals surface area contributed by atoms with Gasteiger partial charge in [-0.25, -0.2) is 4.98 Å². The molecule has 2 rings (SSSR count). The van der Waals surface area contributed by atoms with Crippen molar-refractivity contribution in [2.45, 2.75) is 20.0 Å². The fourth-order valence-corrected chi connectivity index (χ4v) is 3.54. The molecule has 96 valence electrons. The van der Waals surface area contributed by atoms with Gasteiger partial charge in [-0.2, -0.15) is 0 Å². The van der Waals surface area contributed by atoms with Crippen LogP contribution in [0.2, 0.25) is 0 Å². The topological polar surface area (TPSA) is 45.1 Å². The summed E-state index contributed by atoms with van der Waals surface area (Å²) < 4.78 is 1.39. The molecule has 0 unspecified atom stereocenters.